The number of phenols is 1. The van der Waals surface area contributed by atoms with Crippen LogP contribution in [0.25, 0.3) is 0 Å². The summed E-state index contributed by atoms with van der Waals surface area (Å²) in [5.41, 5.74) is 4.53. The zero-order chi connectivity index (χ0) is 26.8. The van der Waals surface area contributed by atoms with E-state index in [1.807, 2.05) is 18.2 Å². The molecule has 0 amide bonds. The van der Waals surface area contributed by atoms with E-state index < -0.39 is 22.5 Å². The first-order chi connectivity index (χ1) is 17.5. The Kier molecular flexibility index (Phi) is 7.75. The number of carbonyl (C=O) groups is 1. The van der Waals surface area contributed by atoms with E-state index in [0.29, 0.717) is 29.0 Å². The van der Waals surface area contributed by atoms with Crippen molar-refractivity contribution in [1.82, 2.24) is 5.32 Å². The topological polar surface area (TPSA) is 108 Å². The standard InChI is InChI=1S/C24H31N3O3S.C2HF3O/c1-2-31(29,30)27-20-9-4-3-8-19(20)26-22-14-16-13-21-17-7-5-6-10-24(17,11-12-25-21)18(16)15-23(22)28;3-2(4,5)1-6/h3-4,8-9,14-15,17,21,25-28H,2,5-7,10-13H2,1H3;1H/t17-,21+,24+;/m1./s1. The van der Waals surface area contributed by atoms with Crippen LogP contribution < -0.4 is 15.4 Å². The van der Waals surface area contributed by atoms with Crippen LogP contribution in [0.15, 0.2) is 36.4 Å². The number of halogens is 3. The number of aldehydes is 1. The lowest BCUT2D eigenvalue weighted by atomic mass is 9.53. The first-order valence-electron chi connectivity index (χ1n) is 12.5. The highest BCUT2D eigenvalue weighted by Gasteiger charge is 2.51. The van der Waals surface area contributed by atoms with Crippen LogP contribution in [0.4, 0.5) is 30.2 Å². The van der Waals surface area contributed by atoms with Crippen molar-refractivity contribution in [3.63, 3.8) is 0 Å². The predicted octanol–water partition coefficient (Wildman–Crippen LogP) is 4.99. The van der Waals surface area contributed by atoms with E-state index in [4.69, 9.17) is 4.79 Å². The molecule has 37 heavy (non-hydrogen) atoms. The molecule has 1 aliphatic heterocycles. The summed E-state index contributed by atoms with van der Waals surface area (Å²) >= 11 is 0. The number of para-hydroxylation sites is 2. The second-order valence-electron chi connectivity index (χ2n) is 9.89. The van der Waals surface area contributed by atoms with Crippen molar-refractivity contribution in [2.45, 2.75) is 63.1 Å². The van der Waals surface area contributed by atoms with Crippen molar-refractivity contribution in [3.8, 4) is 5.75 Å². The van der Waals surface area contributed by atoms with Gasteiger partial charge in [0.15, 0.2) is 0 Å². The van der Waals surface area contributed by atoms with Crippen molar-refractivity contribution < 1.29 is 31.5 Å². The Bertz CT molecular complexity index is 1250. The lowest BCUT2D eigenvalue weighted by molar-refractivity contribution is -0.156. The number of rotatable bonds is 5. The third kappa shape index (κ3) is 5.87. The molecule has 2 aromatic rings. The zero-order valence-corrected chi connectivity index (χ0v) is 21.4. The van der Waals surface area contributed by atoms with Gasteiger partial charge in [0, 0.05) is 11.5 Å². The van der Waals surface area contributed by atoms with E-state index in [1.165, 1.54) is 36.8 Å². The number of carbonyl (C=O) groups excluding carboxylic acids is 1. The normalized spacial score (nSPS) is 24.5. The van der Waals surface area contributed by atoms with Crippen LogP contribution in [0.3, 0.4) is 0 Å². The molecule has 202 valence electrons. The summed E-state index contributed by atoms with van der Waals surface area (Å²) in [4.78, 5) is 8.70. The van der Waals surface area contributed by atoms with Gasteiger partial charge in [0.2, 0.25) is 16.3 Å². The van der Waals surface area contributed by atoms with Crippen molar-refractivity contribution in [1.29, 1.82) is 0 Å². The monoisotopic (exact) mass is 539 g/mol. The van der Waals surface area contributed by atoms with E-state index in [1.54, 1.807) is 19.1 Å². The summed E-state index contributed by atoms with van der Waals surface area (Å²) in [7, 11) is -3.40. The molecule has 0 unspecified atom stereocenters. The molecule has 0 aromatic heterocycles. The Morgan fingerprint density at radius 1 is 1.14 bits per heavy atom. The first-order valence-corrected chi connectivity index (χ1v) is 14.1. The van der Waals surface area contributed by atoms with Crippen LogP contribution in [-0.2, 0) is 26.7 Å². The molecule has 4 N–H and O–H groups in total. The lowest BCUT2D eigenvalue weighted by Gasteiger charge is -2.56. The molecule has 5 rings (SSSR count). The summed E-state index contributed by atoms with van der Waals surface area (Å²) < 4.78 is 58.0. The summed E-state index contributed by atoms with van der Waals surface area (Å²) in [6.07, 6.45) is 1.44. The number of alkyl halides is 3. The predicted molar refractivity (Wildman–Crippen MR) is 137 cm³/mol. The molecule has 3 atom stereocenters. The largest absolute Gasteiger partial charge is 0.506 e. The van der Waals surface area contributed by atoms with E-state index in [9.17, 15) is 26.7 Å². The minimum atomic E-state index is -4.64. The second-order valence-corrected chi connectivity index (χ2v) is 11.9. The molecule has 2 aromatic carbocycles. The highest BCUT2D eigenvalue weighted by molar-refractivity contribution is 7.92. The van der Waals surface area contributed by atoms with Gasteiger partial charge in [0.25, 0.3) is 0 Å². The molecule has 1 heterocycles. The maximum absolute atomic E-state index is 12.1. The van der Waals surface area contributed by atoms with Gasteiger partial charge in [-0.05, 0) is 80.5 Å². The Balaban J connectivity index is 0.000000480. The van der Waals surface area contributed by atoms with Gasteiger partial charge in [-0.1, -0.05) is 25.0 Å². The Labute approximate surface area is 214 Å². The second kappa shape index (κ2) is 10.5. The Morgan fingerprint density at radius 2 is 1.84 bits per heavy atom. The fourth-order valence-electron chi connectivity index (χ4n) is 6.14. The zero-order valence-electron chi connectivity index (χ0n) is 20.6. The van der Waals surface area contributed by atoms with Crippen molar-refractivity contribution in [3.05, 3.63) is 47.5 Å². The quantitative estimate of drug-likeness (QED) is 0.315. The molecule has 0 radical (unpaired) electrons. The highest BCUT2D eigenvalue weighted by Crippen LogP contribution is 2.55. The van der Waals surface area contributed by atoms with Crippen molar-refractivity contribution >= 4 is 33.4 Å². The first kappa shape index (κ1) is 27.3. The third-order valence-corrected chi connectivity index (χ3v) is 9.03. The summed E-state index contributed by atoms with van der Waals surface area (Å²) in [6.45, 7) is 2.66. The fourth-order valence-corrected chi connectivity index (χ4v) is 6.80. The van der Waals surface area contributed by atoms with E-state index in [0.717, 1.165) is 19.4 Å². The number of anilines is 3. The van der Waals surface area contributed by atoms with E-state index in [-0.39, 0.29) is 16.9 Å². The van der Waals surface area contributed by atoms with E-state index >= 15 is 0 Å². The number of hydrogen-bond acceptors (Lipinski definition) is 6. The number of hydrogen-bond donors (Lipinski definition) is 4. The Hall–Kier alpha value is -2.79. The van der Waals surface area contributed by atoms with Crippen LogP contribution >= 0.6 is 0 Å². The van der Waals surface area contributed by atoms with Gasteiger partial charge in [-0.15, -0.1) is 0 Å². The van der Waals surface area contributed by atoms with Gasteiger partial charge in [-0.25, -0.2) is 8.42 Å². The molecular formula is C26H32F3N3O4S. The van der Waals surface area contributed by atoms with Gasteiger partial charge in [0.1, 0.15) is 5.75 Å². The minimum absolute atomic E-state index is 0.00304. The smallest absolute Gasteiger partial charge is 0.446 e. The van der Waals surface area contributed by atoms with E-state index in [2.05, 4.69) is 21.4 Å². The van der Waals surface area contributed by atoms with Gasteiger partial charge in [-0.3, -0.25) is 9.52 Å². The molecule has 0 spiro atoms. The van der Waals surface area contributed by atoms with Crippen molar-refractivity contribution in [2.24, 2.45) is 5.92 Å². The SMILES string of the molecule is CCS(=O)(=O)Nc1ccccc1Nc1cc2c(cc1O)[C@]13CCCC[C@@H]1[C@H](C2)NCC3.O=CC(F)(F)F. The van der Waals surface area contributed by atoms with Crippen LogP contribution in [0.1, 0.15) is 50.2 Å². The fraction of sp³-hybridized carbons (Fsp3) is 0.500. The minimum Gasteiger partial charge on any atom is -0.506 e. The maximum atomic E-state index is 12.1. The Morgan fingerprint density at radius 3 is 2.51 bits per heavy atom. The molecule has 11 heteroatoms. The number of benzene rings is 2. The van der Waals surface area contributed by atoms with Gasteiger partial charge in [-0.2, -0.15) is 13.2 Å². The molecule has 1 saturated heterocycles. The number of nitrogens with one attached hydrogen (secondary N) is 3. The number of fused-ring (bicyclic) bond motifs is 1. The van der Waals surface area contributed by atoms with Gasteiger partial charge < -0.3 is 15.7 Å². The molecule has 3 aliphatic rings. The van der Waals surface area contributed by atoms with Gasteiger partial charge in [0.05, 0.1) is 22.8 Å². The molecule has 7 nitrogen and oxygen atoms in total. The number of phenolic OH excluding ortho intramolecular Hbond substituents is 1. The number of sulfonamides is 1. The lowest BCUT2D eigenvalue weighted by Crippen LogP contribution is -2.59. The van der Waals surface area contributed by atoms with Crippen LogP contribution in [0, 0.1) is 5.92 Å². The average molecular weight is 540 g/mol. The molecule has 2 aliphatic carbocycles. The maximum Gasteiger partial charge on any atom is 0.446 e. The van der Waals surface area contributed by atoms with Gasteiger partial charge >= 0.3 is 6.18 Å². The summed E-state index contributed by atoms with van der Waals surface area (Å²) in [5, 5.41) is 18.0. The molecule has 1 saturated carbocycles. The summed E-state index contributed by atoms with van der Waals surface area (Å²) in [5.74, 6) is 0.885. The molecular weight excluding hydrogens is 507 g/mol. The summed E-state index contributed by atoms with van der Waals surface area (Å²) in [6, 6.07) is 11.7. The van der Waals surface area contributed by atoms with Crippen molar-refractivity contribution in [2.75, 3.05) is 22.3 Å². The van der Waals surface area contributed by atoms with Crippen LogP contribution in [0.5, 0.6) is 5.75 Å². The van der Waals surface area contributed by atoms with Crippen LogP contribution in [0.2, 0.25) is 0 Å². The van der Waals surface area contributed by atoms with Crippen LogP contribution in [-0.4, -0.2) is 44.3 Å². The highest BCUT2D eigenvalue weighted by atomic mass is 32.2. The molecule has 2 fully saturated rings. The third-order valence-electron chi connectivity index (χ3n) is 7.73. The average Bonchev–Trinajstić information content (AvgIpc) is 2.86. The number of piperidine rings is 1. The molecule has 2 bridgehead atoms. The number of aromatic hydroxyl groups is 1.